The van der Waals surface area contributed by atoms with Crippen LogP contribution in [0.2, 0.25) is 0 Å². The molecular formula is C10H16ClF6NO2. The quantitative estimate of drug-likeness (QED) is 0.293. The van der Waals surface area contributed by atoms with Gasteiger partial charge in [0.15, 0.2) is 12.2 Å². The van der Waals surface area contributed by atoms with Crippen molar-refractivity contribution in [2.45, 2.75) is 37.9 Å². The minimum absolute atomic E-state index is 0. The summed E-state index contributed by atoms with van der Waals surface area (Å²) >= 11 is 0. The fourth-order valence-electron chi connectivity index (χ4n) is 0.769. The molecule has 1 rings (SSSR count). The summed E-state index contributed by atoms with van der Waals surface area (Å²) in [6.45, 7) is 7.28. The lowest BCUT2D eigenvalue weighted by Gasteiger charge is -2.15. The van der Waals surface area contributed by atoms with Crippen molar-refractivity contribution in [3.63, 3.8) is 0 Å². The van der Waals surface area contributed by atoms with E-state index < -0.39 is 24.6 Å². The molecule has 2 atom stereocenters. The summed E-state index contributed by atoms with van der Waals surface area (Å²) in [6.07, 6.45) is -11.4. The highest BCUT2D eigenvalue weighted by Gasteiger charge is 2.49. The second kappa shape index (κ2) is 11.0. The summed E-state index contributed by atoms with van der Waals surface area (Å²) in [5.41, 5.74) is 0. The Morgan fingerprint density at radius 2 is 1.60 bits per heavy atom. The van der Waals surface area contributed by atoms with E-state index in [1.165, 1.54) is 6.92 Å². The molecule has 0 N–H and O–H groups in total. The molecule has 10 heteroatoms. The third-order valence-corrected chi connectivity index (χ3v) is 1.72. The molecule has 2 unspecified atom stereocenters. The van der Waals surface area contributed by atoms with E-state index in [-0.39, 0.29) is 25.4 Å². The summed E-state index contributed by atoms with van der Waals surface area (Å²) in [5, 5.41) is 0. The van der Waals surface area contributed by atoms with Crippen LogP contribution in [-0.4, -0.2) is 51.7 Å². The van der Waals surface area contributed by atoms with Gasteiger partial charge in [0.1, 0.15) is 0 Å². The van der Waals surface area contributed by atoms with Gasteiger partial charge in [0, 0.05) is 7.11 Å². The van der Waals surface area contributed by atoms with Crippen molar-refractivity contribution in [1.82, 2.24) is 4.67 Å². The van der Waals surface area contributed by atoms with Crippen LogP contribution in [0.25, 0.3) is 0 Å². The molecule has 0 spiro atoms. The number of halogens is 7. The topological polar surface area (TPSA) is 35.9 Å². The Bertz CT molecular complexity index is 268. The first kappa shape index (κ1) is 24.3. The summed E-state index contributed by atoms with van der Waals surface area (Å²) < 4.78 is 79.2. The molecule has 1 aliphatic rings. The summed E-state index contributed by atoms with van der Waals surface area (Å²) in [5.74, 6) is 0. The molecule has 0 aromatic heterocycles. The Labute approximate surface area is 119 Å². The van der Waals surface area contributed by atoms with E-state index >= 15 is 0 Å². The zero-order valence-electron chi connectivity index (χ0n) is 10.9. The minimum atomic E-state index is -4.20. The van der Waals surface area contributed by atoms with E-state index in [0.29, 0.717) is 0 Å². The van der Waals surface area contributed by atoms with Gasteiger partial charge in [-0.3, -0.25) is 0 Å². The van der Waals surface area contributed by atoms with Crippen molar-refractivity contribution in [2.75, 3.05) is 13.7 Å². The smallest absolute Gasteiger partial charge is 0.416 e. The number of nitrogens with zero attached hydrogens (tertiary/aromatic N) is 1. The number of epoxide rings is 1. The normalized spacial score (nSPS) is 18.1. The zero-order chi connectivity index (χ0) is 15.7. The highest BCUT2D eigenvalue weighted by Crippen LogP contribution is 2.30. The van der Waals surface area contributed by atoms with E-state index in [4.69, 9.17) is 0 Å². The molecule has 0 aliphatic carbocycles. The molecule has 0 saturated carbocycles. The van der Waals surface area contributed by atoms with Gasteiger partial charge in [0.05, 0.1) is 6.61 Å². The van der Waals surface area contributed by atoms with E-state index in [1.54, 1.807) is 0 Å². The van der Waals surface area contributed by atoms with Crippen molar-refractivity contribution in [3.05, 3.63) is 0 Å². The van der Waals surface area contributed by atoms with Crippen LogP contribution in [0.4, 0.5) is 26.3 Å². The van der Waals surface area contributed by atoms with Crippen molar-refractivity contribution < 1.29 is 48.2 Å². The van der Waals surface area contributed by atoms with Gasteiger partial charge in [-0.05, 0) is 6.42 Å². The molecular weight excluding hydrogens is 316 g/mol. The number of hydrogen-bond acceptors (Lipinski definition) is 2. The third-order valence-electron chi connectivity index (χ3n) is 1.72. The first-order valence-electron chi connectivity index (χ1n) is 5.04. The molecule has 0 aromatic rings. The maximum atomic E-state index is 11.6. The first-order valence-corrected chi connectivity index (χ1v) is 5.04. The fraction of sp³-hybridized carbons (Fsp3) is 0.800. The van der Waals surface area contributed by atoms with Crippen LogP contribution in [0.3, 0.4) is 0 Å². The van der Waals surface area contributed by atoms with Crippen LogP contribution >= 0.6 is 0 Å². The molecule has 122 valence electrons. The van der Waals surface area contributed by atoms with Gasteiger partial charge in [0.2, 0.25) is 0 Å². The third kappa shape index (κ3) is 13.7. The number of methoxy groups -OCH3 is 1. The Balaban J connectivity index is -0.000000235. The lowest BCUT2D eigenvalue weighted by Crippen LogP contribution is -3.00. The standard InChI is InChI=1S/C5H9F3O.C3H3F3O.C2H4N.ClH/c1-3-4(9-2)5(6,7)8;4-3(5,6)2-1-7-2;1-3-2;/h4H,3H2,1-2H3;2H,1H2;1-2H2;1H/q;;+1;/p-1. The van der Waals surface area contributed by atoms with E-state index in [1.807, 2.05) is 0 Å². The van der Waals surface area contributed by atoms with Gasteiger partial charge in [-0.25, -0.2) is 0 Å². The number of hydrogen-bond donors (Lipinski definition) is 0. The van der Waals surface area contributed by atoms with E-state index in [2.05, 4.69) is 27.6 Å². The predicted molar refractivity (Wildman–Crippen MR) is 59.3 cm³/mol. The largest absolute Gasteiger partial charge is 1.00 e. The van der Waals surface area contributed by atoms with Crippen LogP contribution in [0, 0.1) is 0 Å². The van der Waals surface area contributed by atoms with Gasteiger partial charge in [-0.2, -0.15) is 26.3 Å². The molecule has 1 aliphatic heterocycles. The number of alkyl halides is 6. The first-order chi connectivity index (χ1) is 8.54. The SMILES string of the molecule is C=[N+]=C.CCC(OC)C(F)(F)F.FC(F)(F)C1CO1.[Cl-]. The van der Waals surface area contributed by atoms with Crippen LogP contribution in [-0.2, 0) is 9.47 Å². The van der Waals surface area contributed by atoms with Crippen LogP contribution < -0.4 is 17.1 Å². The summed E-state index contributed by atoms with van der Waals surface area (Å²) in [7, 11) is 1.06. The summed E-state index contributed by atoms with van der Waals surface area (Å²) in [4.78, 5) is 0. The Kier molecular flexibility index (Phi) is 13.3. The molecule has 0 radical (unpaired) electrons. The Morgan fingerprint density at radius 3 is 1.60 bits per heavy atom. The van der Waals surface area contributed by atoms with Gasteiger partial charge in [0.25, 0.3) is 13.4 Å². The fourth-order valence-corrected chi connectivity index (χ4v) is 0.769. The van der Waals surface area contributed by atoms with Crippen molar-refractivity contribution in [3.8, 4) is 0 Å². The predicted octanol–water partition coefficient (Wildman–Crippen LogP) is -0.620. The Morgan fingerprint density at radius 1 is 1.25 bits per heavy atom. The van der Waals surface area contributed by atoms with Crippen LogP contribution in [0.5, 0.6) is 0 Å². The van der Waals surface area contributed by atoms with Gasteiger partial charge >= 0.3 is 12.4 Å². The number of ether oxygens (including phenoxy) is 2. The molecule has 1 heterocycles. The molecule has 1 saturated heterocycles. The molecule has 0 aromatic carbocycles. The second-order valence-electron chi connectivity index (χ2n) is 3.26. The maximum absolute atomic E-state index is 11.6. The number of rotatable bonds is 2. The van der Waals surface area contributed by atoms with Gasteiger partial charge < -0.3 is 21.9 Å². The molecule has 20 heavy (non-hydrogen) atoms. The monoisotopic (exact) mass is 331 g/mol. The average Bonchev–Trinajstić information content (AvgIpc) is 3.00. The second-order valence-corrected chi connectivity index (χ2v) is 3.26. The molecule has 3 nitrogen and oxygen atoms in total. The molecule has 0 amide bonds. The van der Waals surface area contributed by atoms with Gasteiger partial charge in [-0.15, -0.1) is 4.67 Å². The van der Waals surface area contributed by atoms with Crippen LogP contribution in [0.1, 0.15) is 13.3 Å². The minimum Gasteiger partial charge on any atom is -1.00 e. The van der Waals surface area contributed by atoms with Crippen LogP contribution in [0.15, 0.2) is 0 Å². The highest BCUT2D eigenvalue weighted by atomic mass is 35.5. The van der Waals surface area contributed by atoms with E-state index in [0.717, 1.165) is 7.11 Å². The highest BCUT2D eigenvalue weighted by molar-refractivity contribution is 5.32. The molecule has 1 fully saturated rings. The maximum Gasteiger partial charge on any atom is 0.416 e. The van der Waals surface area contributed by atoms with Crippen molar-refractivity contribution >= 4 is 13.4 Å². The van der Waals surface area contributed by atoms with Gasteiger partial charge in [-0.1, -0.05) is 6.92 Å². The summed E-state index contributed by atoms with van der Waals surface area (Å²) in [6, 6.07) is 0. The van der Waals surface area contributed by atoms with E-state index in [9.17, 15) is 26.3 Å². The Hall–Kier alpha value is -0.760. The zero-order valence-corrected chi connectivity index (χ0v) is 11.6. The van der Waals surface area contributed by atoms with Crippen molar-refractivity contribution in [1.29, 1.82) is 0 Å². The molecule has 0 bridgehead atoms. The van der Waals surface area contributed by atoms with Crippen molar-refractivity contribution in [2.24, 2.45) is 0 Å². The lowest BCUT2D eigenvalue weighted by atomic mass is 10.3. The average molecular weight is 332 g/mol. The lowest BCUT2D eigenvalue weighted by molar-refractivity contribution is -0.213.